The van der Waals surface area contributed by atoms with Crippen LogP contribution < -0.4 is 0 Å². The molecule has 0 atom stereocenters. The lowest BCUT2D eigenvalue weighted by molar-refractivity contribution is -0.139. The normalized spacial score (nSPS) is 17.8. The van der Waals surface area contributed by atoms with Crippen LogP contribution in [0.25, 0.3) is 0 Å². The number of nitrogens with zero attached hydrogens (tertiary/aromatic N) is 3. The highest BCUT2D eigenvalue weighted by molar-refractivity contribution is 6.01. The maximum absolute atomic E-state index is 13.1. The molecule has 2 aromatic rings. The van der Waals surface area contributed by atoms with Crippen LogP contribution in [0.5, 0.6) is 0 Å². The van der Waals surface area contributed by atoms with Gasteiger partial charge >= 0.3 is 0 Å². The van der Waals surface area contributed by atoms with Gasteiger partial charge in [0, 0.05) is 51.1 Å². The summed E-state index contributed by atoms with van der Waals surface area (Å²) < 4.78 is 13.1. The molecular weight excluding hydrogens is 397 g/mol. The van der Waals surface area contributed by atoms with Gasteiger partial charge < -0.3 is 4.90 Å². The summed E-state index contributed by atoms with van der Waals surface area (Å²) in [7, 11) is 0. The third kappa shape index (κ3) is 5.17. The lowest BCUT2D eigenvalue weighted by Gasteiger charge is -2.22. The Kier molecular flexibility index (Phi) is 6.42. The summed E-state index contributed by atoms with van der Waals surface area (Å²) in [5, 5.41) is 0. The molecule has 2 heterocycles. The Hall–Kier alpha value is -3.06. The summed E-state index contributed by atoms with van der Waals surface area (Å²) >= 11 is 0. The number of hydrogen-bond donors (Lipinski definition) is 0. The average Bonchev–Trinajstić information content (AvgIpc) is 2.95. The van der Waals surface area contributed by atoms with Crippen LogP contribution in [0.15, 0.2) is 48.5 Å². The molecule has 2 fully saturated rings. The Balaban J connectivity index is 1.33. The van der Waals surface area contributed by atoms with Gasteiger partial charge in [0.05, 0.1) is 6.54 Å². The van der Waals surface area contributed by atoms with E-state index in [-0.39, 0.29) is 42.9 Å². The van der Waals surface area contributed by atoms with Crippen molar-refractivity contribution in [2.24, 2.45) is 0 Å². The SMILES string of the molecule is O=C(c1ccc(CN2C(=O)CCC2=O)cc1)N1CCCN(Cc2ccc(F)cc2)CC1. The summed E-state index contributed by atoms with van der Waals surface area (Å²) in [6, 6.07) is 13.7. The first kappa shape index (κ1) is 21.2. The van der Waals surface area contributed by atoms with E-state index >= 15 is 0 Å². The Labute approximate surface area is 181 Å². The zero-order valence-corrected chi connectivity index (χ0v) is 17.4. The standard InChI is InChI=1S/C24H26FN3O3/c25-21-8-4-18(5-9-21)16-26-12-1-13-27(15-14-26)24(31)20-6-2-19(3-7-20)17-28-22(29)10-11-23(28)30/h2-9H,1,10-17H2. The molecule has 0 bridgehead atoms. The van der Waals surface area contributed by atoms with Gasteiger partial charge in [0.1, 0.15) is 5.82 Å². The van der Waals surface area contributed by atoms with E-state index in [9.17, 15) is 18.8 Å². The minimum absolute atomic E-state index is 0.0106. The van der Waals surface area contributed by atoms with Gasteiger partial charge in [0.15, 0.2) is 0 Å². The van der Waals surface area contributed by atoms with Crippen LogP contribution >= 0.6 is 0 Å². The molecular formula is C24H26FN3O3. The average molecular weight is 423 g/mol. The zero-order chi connectivity index (χ0) is 21.8. The third-order valence-electron chi connectivity index (χ3n) is 5.89. The van der Waals surface area contributed by atoms with Crippen LogP contribution in [0.3, 0.4) is 0 Å². The van der Waals surface area contributed by atoms with Crippen LogP contribution in [0.2, 0.25) is 0 Å². The topological polar surface area (TPSA) is 60.9 Å². The number of likely N-dealkylation sites (tertiary alicyclic amines) is 1. The van der Waals surface area contributed by atoms with E-state index in [0.29, 0.717) is 18.7 Å². The van der Waals surface area contributed by atoms with Gasteiger partial charge in [-0.05, 0) is 41.8 Å². The molecule has 2 saturated heterocycles. The quantitative estimate of drug-likeness (QED) is 0.694. The molecule has 0 aromatic heterocycles. The number of amides is 3. The summed E-state index contributed by atoms with van der Waals surface area (Å²) in [6.07, 6.45) is 1.44. The molecule has 3 amide bonds. The van der Waals surface area contributed by atoms with Gasteiger partial charge in [-0.3, -0.25) is 24.2 Å². The molecule has 7 heteroatoms. The van der Waals surface area contributed by atoms with Gasteiger partial charge in [-0.2, -0.15) is 0 Å². The largest absolute Gasteiger partial charge is 0.337 e. The second-order valence-electron chi connectivity index (χ2n) is 8.12. The van der Waals surface area contributed by atoms with Crippen LogP contribution in [0.1, 0.15) is 40.7 Å². The fraction of sp³-hybridized carbons (Fsp3) is 0.375. The Morgan fingerprint density at radius 3 is 2.06 bits per heavy atom. The van der Waals surface area contributed by atoms with Crippen molar-refractivity contribution < 1.29 is 18.8 Å². The molecule has 0 unspecified atom stereocenters. The van der Waals surface area contributed by atoms with Gasteiger partial charge in [-0.15, -0.1) is 0 Å². The molecule has 6 nitrogen and oxygen atoms in total. The van der Waals surface area contributed by atoms with Gasteiger partial charge in [-0.25, -0.2) is 4.39 Å². The van der Waals surface area contributed by atoms with Gasteiger partial charge in [0.25, 0.3) is 5.91 Å². The number of carbonyl (C=O) groups is 3. The van der Waals surface area contributed by atoms with Crippen LogP contribution in [-0.4, -0.2) is 58.6 Å². The van der Waals surface area contributed by atoms with E-state index in [1.165, 1.54) is 17.0 Å². The van der Waals surface area contributed by atoms with Crippen molar-refractivity contribution in [2.75, 3.05) is 26.2 Å². The van der Waals surface area contributed by atoms with E-state index in [4.69, 9.17) is 0 Å². The van der Waals surface area contributed by atoms with Crippen molar-refractivity contribution in [3.05, 3.63) is 71.0 Å². The van der Waals surface area contributed by atoms with E-state index < -0.39 is 0 Å². The number of carbonyl (C=O) groups excluding carboxylic acids is 3. The highest BCUT2D eigenvalue weighted by atomic mass is 19.1. The lowest BCUT2D eigenvalue weighted by atomic mass is 10.1. The van der Waals surface area contributed by atoms with E-state index in [0.717, 1.165) is 37.2 Å². The van der Waals surface area contributed by atoms with Gasteiger partial charge in [-0.1, -0.05) is 24.3 Å². The Morgan fingerprint density at radius 2 is 1.39 bits per heavy atom. The lowest BCUT2D eigenvalue weighted by Crippen LogP contribution is -2.35. The number of benzene rings is 2. The fourth-order valence-electron chi connectivity index (χ4n) is 4.10. The Morgan fingerprint density at radius 1 is 0.774 bits per heavy atom. The molecule has 0 spiro atoms. The third-order valence-corrected chi connectivity index (χ3v) is 5.89. The maximum Gasteiger partial charge on any atom is 0.253 e. The second-order valence-corrected chi connectivity index (χ2v) is 8.12. The summed E-state index contributed by atoms with van der Waals surface area (Å²) in [5.41, 5.74) is 2.50. The van der Waals surface area contributed by atoms with Crippen molar-refractivity contribution in [2.45, 2.75) is 32.4 Å². The summed E-state index contributed by atoms with van der Waals surface area (Å²) in [5.74, 6) is -0.524. The number of hydrogen-bond acceptors (Lipinski definition) is 4. The van der Waals surface area contributed by atoms with Gasteiger partial charge in [0.2, 0.25) is 11.8 Å². The minimum Gasteiger partial charge on any atom is -0.337 e. The van der Waals surface area contributed by atoms with E-state index in [2.05, 4.69) is 4.90 Å². The van der Waals surface area contributed by atoms with Crippen molar-refractivity contribution >= 4 is 17.7 Å². The number of halogens is 1. The first-order valence-electron chi connectivity index (χ1n) is 10.7. The van der Waals surface area contributed by atoms with Crippen LogP contribution in [-0.2, 0) is 22.7 Å². The fourth-order valence-corrected chi connectivity index (χ4v) is 4.10. The highest BCUT2D eigenvalue weighted by Crippen LogP contribution is 2.17. The van der Waals surface area contributed by atoms with Crippen LogP contribution in [0, 0.1) is 5.82 Å². The zero-order valence-electron chi connectivity index (χ0n) is 17.4. The maximum atomic E-state index is 13.1. The molecule has 0 radical (unpaired) electrons. The van der Waals surface area contributed by atoms with Crippen molar-refractivity contribution in [1.29, 1.82) is 0 Å². The summed E-state index contributed by atoms with van der Waals surface area (Å²) in [6.45, 7) is 3.98. The van der Waals surface area contributed by atoms with Crippen molar-refractivity contribution in [3.8, 4) is 0 Å². The van der Waals surface area contributed by atoms with Crippen LogP contribution in [0.4, 0.5) is 4.39 Å². The number of rotatable bonds is 5. The molecule has 2 aliphatic heterocycles. The second kappa shape index (κ2) is 9.39. The molecule has 0 aliphatic carbocycles. The molecule has 2 aliphatic rings. The predicted molar refractivity (Wildman–Crippen MR) is 113 cm³/mol. The molecule has 162 valence electrons. The van der Waals surface area contributed by atoms with Crippen molar-refractivity contribution in [3.63, 3.8) is 0 Å². The number of imide groups is 1. The molecule has 31 heavy (non-hydrogen) atoms. The van der Waals surface area contributed by atoms with E-state index in [1.54, 1.807) is 24.3 Å². The summed E-state index contributed by atoms with van der Waals surface area (Å²) in [4.78, 5) is 42.0. The van der Waals surface area contributed by atoms with E-state index in [1.807, 2.05) is 17.0 Å². The molecule has 4 rings (SSSR count). The molecule has 0 N–H and O–H groups in total. The smallest absolute Gasteiger partial charge is 0.253 e. The first-order valence-corrected chi connectivity index (χ1v) is 10.7. The molecule has 2 aromatic carbocycles. The molecule has 0 saturated carbocycles. The van der Waals surface area contributed by atoms with Crippen molar-refractivity contribution in [1.82, 2.24) is 14.7 Å². The highest BCUT2D eigenvalue weighted by Gasteiger charge is 2.28. The monoisotopic (exact) mass is 423 g/mol. The predicted octanol–water partition coefficient (Wildman–Crippen LogP) is 2.82. The Bertz CT molecular complexity index is 943. The first-order chi connectivity index (χ1) is 15.0. The minimum atomic E-state index is -0.235.